The number of hydrogen-bond donors (Lipinski definition) is 2. The van der Waals surface area contributed by atoms with Gasteiger partial charge in [0, 0.05) is 11.6 Å². The van der Waals surface area contributed by atoms with Gasteiger partial charge in [0.1, 0.15) is 0 Å². The number of benzene rings is 1. The van der Waals surface area contributed by atoms with Gasteiger partial charge in [-0.1, -0.05) is 19.9 Å². The number of hydrogen-bond acceptors (Lipinski definition) is 3. The van der Waals surface area contributed by atoms with Crippen LogP contribution in [0.1, 0.15) is 49.5 Å². The van der Waals surface area contributed by atoms with Crippen molar-refractivity contribution in [3.05, 3.63) is 29.3 Å². The topological polar surface area (TPSA) is 75.3 Å². The number of rotatable bonds is 7. The molecule has 1 rings (SSSR count). The molecule has 22 heavy (non-hydrogen) atoms. The molecular formula is C16H26N2O3S. The smallest absolute Gasteiger partial charge is 0.251 e. The lowest BCUT2D eigenvalue weighted by atomic mass is 10.0. The minimum Gasteiger partial charge on any atom is -0.350 e. The normalized spacial score (nSPS) is 13.2. The minimum absolute atomic E-state index is 0.0545. The van der Waals surface area contributed by atoms with E-state index in [1.165, 1.54) is 19.2 Å². The van der Waals surface area contributed by atoms with Gasteiger partial charge >= 0.3 is 0 Å². The zero-order valence-electron chi connectivity index (χ0n) is 13.9. The SMILES string of the molecule is CNS(=O)(=O)c1ccc(C)c(C(=O)N[C@@H](C)CCC(C)C)c1. The van der Waals surface area contributed by atoms with Crippen LogP contribution >= 0.6 is 0 Å². The molecule has 2 N–H and O–H groups in total. The van der Waals surface area contributed by atoms with Gasteiger partial charge in [-0.15, -0.1) is 0 Å². The Morgan fingerprint density at radius 2 is 1.82 bits per heavy atom. The first kappa shape index (κ1) is 18.6. The molecule has 1 aromatic rings. The molecule has 0 aliphatic heterocycles. The van der Waals surface area contributed by atoms with Gasteiger partial charge < -0.3 is 5.32 Å². The lowest BCUT2D eigenvalue weighted by molar-refractivity contribution is 0.0936. The summed E-state index contributed by atoms with van der Waals surface area (Å²) in [5.74, 6) is 0.354. The van der Waals surface area contributed by atoms with Crippen molar-refractivity contribution in [3.63, 3.8) is 0 Å². The van der Waals surface area contributed by atoms with Crippen molar-refractivity contribution in [3.8, 4) is 0 Å². The standard InChI is InChI=1S/C16H26N2O3S/c1-11(2)6-8-13(4)18-16(19)15-10-14(9-7-12(15)3)22(20,21)17-5/h7,9-11,13,17H,6,8H2,1-5H3,(H,18,19)/t13-/m0/s1. The van der Waals surface area contributed by atoms with Gasteiger partial charge in [0.15, 0.2) is 0 Å². The van der Waals surface area contributed by atoms with Crippen LogP contribution in [0, 0.1) is 12.8 Å². The van der Waals surface area contributed by atoms with E-state index in [0.29, 0.717) is 11.5 Å². The third kappa shape index (κ3) is 5.10. The number of sulfonamides is 1. The highest BCUT2D eigenvalue weighted by atomic mass is 32.2. The number of aryl methyl sites for hydroxylation is 1. The van der Waals surface area contributed by atoms with Crippen LogP contribution in [0.25, 0.3) is 0 Å². The summed E-state index contributed by atoms with van der Waals surface area (Å²) in [6.45, 7) is 8.04. The highest BCUT2D eigenvalue weighted by Crippen LogP contribution is 2.16. The number of nitrogens with one attached hydrogen (secondary N) is 2. The van der Waals surface area contributed by atoms with Gasteiger partial charge in [0.25, 0.3) is 5.91 Å². The molecule has 1 aromatic carbocycles. The molecule has 0 fully saturated rings. The Hall–Kier alpha value is -1.40. The zero-order valence-corrected chi connectivity index (χ0v) is 14.8. The maximum Gasteiger partial charge on any atom is 0.251 e. The first-order valence-corrected chi connectivity index (χ1v) is 9.00. The summed E-state index contributed by atoms with van der Waals surface area (Å²) < 4.78 is 25.9. The van der Waals surface area contributed by atoms with E-state index in [4.69, 9.17) is 0 Å². The fraction of sp³-hybridized carbons (Fsp3) is 0.562. The van der Waals surface area contributed by atoms with Gasteiger partial charge in [0.05, 0.1) is 4.90 Å². The van der Waals surface area contributed by atoms with Gasteiger partial charge in [-0.2, -0.15) is 0 Å². The Morgan fingerprint density at radius 1 is 1.18 bits per heavy atom. The van der Waals surface area contributed by atoms with E-state index in [9.17, 15) is 13.2 Å². The van der Waals surface area contributed by atoms with E-state index in [0.717, 1.165) is 18.4 Å². The summed E-state index contributed by atoms with van der Waals surface area (Å²) in [7, 11) is -2.20. The maximum atomic E-state index is 12.4. The number of carbonyl (C=O) groups is 1. The van der Waals surface area contributed by atoms with Gasteiger partial charge in [-0.25, -0.2) is 13.1 Å². The van der Waals surface area contributed by atoms with Crippen molar-refractivity contribution in [1.29, 1.82) is 0 Å². The van der Waals surface area contributed by atoms with Gasteiger partial charge in [0.2, 0.25) is 10.0 Å². The molecule has 0 bridgehead atoms. The predicted molar refractivity (Wildman–Crippen MR) is 88.4 cm³/mol. The Kier molecular flexibility index (Phi) is 6.56. The van der Waals surface area contributed by atoms with E-state index in [1.54, 1.807) is 13.0 Å². The number of carbonyl (C=O) groups excluding carboxylic acids is 1. The quantitative estimate of drug-likeness (QED) is 0.808. The molecule has 0 heterocycles. The highest BCUT2D eigenvalue weighted by Gasteiger charge is 2.17. The molecule has 0 aliphatic carbocycles. The van der Waals surface area contributed by atoms with Crippen LogP contribution in [-0.4, -0.2) is 27.4 Å². The molecular weight excluding hydrogens is 300 g/mol. The summed E-state index contributed by atoms with van der Waals surface area (Å²) in [4.78, 5) is 12.5. The Morgan fingerprint density at radius 3 is 2.36 bits per heavy atom. The van der Waals surface area contributed by atoms with Crippen molar-refractivity contribution in [2.24, 2.45) is 5.92 Å². The van der Waals surface area contributed by atoms with Crippen LogP contribution in [-0.2, 0) is 10.0 Å². The Labute approximate surface area is 133 Å². The summed E-state index contributed by atoms with van der Waals surface area (Å²) >= 11 is 0. The molecule has 0 saturated carbocycles. The van der Waals surface area contributed by atoms with Gasteiger partial charge in [-0.05, 0) is 57.4 Å². The third-order valence-electron chi connectivity index (χ3n) is 3.59. The molecule has 0 aliphatic rings. The molecule has 0 saturated heterocycles. The zero-order chi connectivity index (χ0) is 16.9. The lowest BCUT2D eigenvalue weighted by Gasteiger charge is -2.16. The first-order valence-electron chi connectivity index (χ1n) is 7.52. The second-order valence-corrected chi connectivity index (χ2v) is 7.92. The summed E-state index contributed by atoms with van der Waals surface area (Å²) in [6, 6.07) is 4.63. The van der Waals surface area contributed by atoms with Crippen LogP contribution in [0.3, 0.4) is 0 Å². The average molecular weight is 326 g/mol. The second kappa shape index (κ2) is 7.74. The fourth-order valence-corrected chi connectivity index (χ4v) is 2.84. The molecule has 0 radical (unpaired) electrons. The second-order valence-electron chi connectivity index (χ2n) is 6.03. The lowest BCUT2D eigenvalue weighted by Crippen LogP contribution is -2.33. The largest absolute Gasteiger partial charge is 0.350 e. The molecule has 6 heteroatoms. The highest BCUT2D eigenvalue weighted by molar-refractivity contribution is 7.89. The fourth-order valence-electron chi connectivity index (χ4n) is 2.09. The molecule has 0 spiro atoms. The van der Waals surface area contributed by atoms with E-state index in [1.807, 2.05) is 6.92 Å². The number of amides is 1. The molecule has 0 aromatic heterocycles. The monoisotopic (exact) mass is 326 g/mol. The summed E-state index contributed by atoms with van der Waals surface area (Å²) in [5, 5.41) is 2.93. The Balaban J connectivity index is 2.91. The maximum absolute atomic E-state index is 12.4. The van der Waals surface area contributed by atoms with Crippen LogP contribution in [0.4, 0.5) is 0 Å². The van der Waals surface area contributed by atoms with Crippen LogP contribution in [0.2, 0.25) is 0 Å². The molecule has 5 nitrogen and oxygen atoms in total. The minimum atomic E-state index is -3.55. The summed E-state index contributed by atoms with van der Waals surface area (Å²) in [6.07, 6.45) is 1.94. The van der Waals surface area contributed by atoms with Crippen molar-refractivity contribution in [2.45, 2.75) is 51.5 Å². The third-order valence-corrected chi connectivity index (χ3v) is 5.00. The van der Waals surface area contributed by atoms with E-state index in [2.05, 4.69) is 23.9 Å². The average Bonchev–Trinajstić information content (AvgIpc) is 2.45. The molecule has 124 valence electrons. The molecule has 0 unspecified atom stereocenters. The van der Waals surface area contributed by atoms with E-state index in [-0.39, 0.29) is 16.8 Å². The van der Waals surface area contributed by atoms with Crippen molar-refractivity contribution >= 4 is 15.9 Å². The van der Waals surface area contributed by atoms with Crippen LogP contribution in [0.15, 0.2) is 23.1 Å². The van der Waals surface area contributed by atoms with Crippen LogP contribution < -0.4 is 10.0 Å². The van der Waals surface area contributed by atoms with Crippen molar-refractivity contribution < 1.29 is 13.2 Å². The molecule has 1 amide bonds. The van der Waals surface area contributed by atoms with Gasteiger partial charge in [-0.3, -0.25) is 4.79 Å². The predicted octanol–water partition coefficient (Wildman–Crippen LogP) is 2.46. The molecule has 1 atom stereocenters. The van der Waals surface area contributed by atoms with Crippen LogP contribution in [0.5, 0.6) is 0 Å². The summed E-state index contributed by atoms with van der Waals surface area (Å²) in [5.41, 5.74) is 1.15. The Bertz CT molecular complexity index is 624. The van der Waals surface area contributed by atoms with E-state index >= 15 is 0 Å². The van der Waals surface area contributed by atoms with Crippen molar-refractivity contribution in [2.75, 3.05) is 7.05 Å². The first-order chi connectivity index (χ1) is 10.2. The van der Waals surface area contributed by atoms with E-state index < -0.39 is 10.0 Å². The van der Waals surface area contributed by atoms with Crippen molar-refractivity contribution in [1.82, 2.24) is 10.0 Å².